The largest absolute Gasteiger partial charge is 0.482 e. The molecule has 0 radical (unpaired) electrons. The third kappa shape index (κ3) is 3.66. The lowest BCUT2D eigenvalue weighted by atomic mass is 9.92. The average molecular weight is 452 g/mol. The Kier molecular flexibility index (Phi) is 4.90. The Bertz CT molecular complexity index is 1120. The number of hydrogen-bond acceptors (Lipinski definition) is 7. The minimum Gasteiger partial charge on any atom is -0.482 e. The first-order valence-electron chi connectivity index (χ1n) is 11.3. The second-order valence-corrected chi connectivity index (χ2v) is 9.50. The van der Waals surface area contributed by atoms with E-state index in [9.17, 15) is 0 Å². The van der Waals surface area contributed by atoms with Crippen molar-refractivity contribution in [1.82, 2.24) is 24.7 Å². The van der Waals surface area contributed by atoms with Crippen molar-refractivity contribution in [2.45, 2.75) is 44.9 Å². The van der Waals surface area contributed by atoms with Gasteiger partial charge in [-0.2, -0.15) is 4.98 Å². The maximum absolute atomic E-state index is 6.16. The van der Waals surface area contributed by atoms with Gasteiger partial charge in [0.25, 0.3) is 0 Å². The van der Waals surface area contributed by atoms with Crippen LogP contribution in [0.25, 0.3) is 0 Å². The molecule has 3 aromatic rings. The predicted molar refractivity (Wildman–Crippen MR) is 122 cm³/mol. The molecule has 0 amide bonds. The van der Waals surface area contributed by atoms with Crippen LogP contribution in [0, 0.1) is 18.8 Å². The SMILES string of the molecule is Cc1cc(N2C[C@H]3CC[C@@H](C2)[C@@H]3Nc2nc3n(n2)CC[C@@H]3Oc2cccc(Cl)c2)ncn1. The first-order valence-corrected chi connectivity index (χ1v) is 11.7. The van der Waals surface area contributed by atoms with Crippen molar-refractivity contribution in [2.24, 2.45) is 11.8 Å². The molecule has 0 spiro atoms. The van der Waals surface area contributed by atoms with E-state index in [1.807, 2.05) is 35.9 Å². The summed E-state index contributed by atoms with van der Waals surface area (Å²) in [5.41, 5.74) is 1.01. The topological polar surface area (TPSA) is 81.0 Å². The second kappa shape index (κ2) is 7.92. The summed E-state index contributed by atoms with van der Waals surface area (Å²) in [6.07, 6.45) is 4.86. The van der Waals surface area contributed by atoms with Crippen molar-refractivity contribution in [3.63, 3.8) is 0 Å². The number of aromatic nitrogens is 5. The molecule has 166 valence electrons. The number of anilines is 2. The normalized spacial score (nSPS) is 26.2. The molecule has 1 saturated heterocycles. The summed E-state index contributed by atoms with van der Waals surface area (Å²) in [5.74, 6) is 4.51. The predicted octanol–water partition coefficient (Wildman–Crippen LogP) is 3.88. The molecule has 1 aromatic carbocycles. The van der Waals surface area contributed by atoms with E-state index in [-0.39, 0.29) is 6.10 Å². The zero-order chi connectivity index (χ0) is 21.7. The molecule has 4 heterocycles. The molecular weight excluding hydrogens is 426 g/mol. The zero-order valence-electron chi connectivity index (χ0n) is 18.0. The summed E-state index contributed by atoms with van der Waals surface area (Å²) >= 11 is 6.10. The number of benzene rings is 1. The first-order chi connectivity index (χ1) is 15.6. The maximum Gasteiger partial charge on any atom is 0.242 e. The van der Waals surface area contributed by atoms with E-state index in [4.69, 9.17) is 26.4 Å². The van der Waals surface area contributed by atoms with Crippen LogP contribution in [-0.4, -0.2) is 43.9 Å². The molecule has 2 bridgehead atoms. The van der Waals surface area contributed by atoms with E-state index in [1.54, 1.807) is 6.33 Å². The first kappa shape index (κ1) is 19.8. The van der Waals surface area contributed by atoms with Crippen LogP contribution in [0.4, 0.5) is 11.8 Å². The summed E-state index contributed by atoms with van der Waals surface area (Å²) in [4.78, 5) is 16.0. The van der Waals surface area contributed by atoms with Gasteiger partial charge in [-0.05, 0) is 49.8 Å². The summed E-state index contributed by atoms with van der Waals surface area (Å²) in [6.45, 7) is 4.83. The Morgan fingerprint density at radius 3 is 2.72 bits per heavy atom. The van der Waals surface area contributed by atoms with Crippen LogP contribution in [0.5, 0.6) is 5.75 Å². The maximum atomic E-state index is 6.16. The minimum absolute atomic E-state index is 0.101. The van der Waals surface area contributed by atoms with Crippen LogP contribution in [0.15, 0.2) is 36.7 Å². The van der Waals surface area contributed by atoms with Gasteiger partial charge in [0.1, 0.15) is 17.9 Å². The number of fused-ring (bicyclic) bond motifs is 3. The van der Waals surface area contributed by atoms with Crippen molar-refractivity contribution in [2.75, 3.05) is 23.3 Å². The van der Waals surface area contributed by atoms with Gasteiger partial charge in [-0.3, -0.25) is 0 Å². The molecule has 0 unspecified atom stereocenters. The molecule has 9 heteroatoms. The quantitative estimate of drug-likeness (QED) is 0.630. The van der Waals surface area contributed by atoms with Gasteiger partial charge in [0.15, 0.2) is 11.9 Å². The molecule has 1 saturated carbocycles. The summed E-state index contributed by atoms with van der Waals surface area (Å²) in [6, 6.07) is 9.98. The van der Waals surface area contributed by atoms with Crippen LogP contribution >= 0.6 is 11.6 Å². The molecule has 4 atom stereocenters. The zero-order valence-corrected chi connectivity index (χ0v) is 18.7. The van der Waals surface area contributed by atoms with Crippen LogP contribution in [0.2, 0.25) is 5.02 Å². The molecule has 2 aromatic heterocycles. The molecule has 8 nitrogen and oxygen atoms in total. The van der Waals surface area contributed by atoms with Gasteiger partial charge in [-0.1, -0.05) is 17.7 Å². The molecule has 1 N–H and O–H groups in total. The lowest BCUT2D eigenvalue weighted by Gasteiger charge is -2.38. The van der Waals surface area contributed by atoms with Gasteiger partial charge in [-0.25, -0.2) is 14.6 Å². The number of rotatable bonds is 5. The van der Waals surface area contributed by atoms with E-state index >= 15 is 0 Å². The van der Waals surface area contributed by atoms with Gasteiger partial charge in [0.2, 0.25) is 5.95 Å². The molecule has 32 heavy (non-hydrogen) atoms. The van der Waals surface area contributed by atoms with Crippen molar-refractivity contribution < 1.29 is 4.74 Å². The highest BCUT2D eigenvalue weighted by atomic mass is 35.5. The Morgan fingerprint density at radius 2 is 1.94 bits per heavy atom. The number of ether oxygens (including phenoxy) is 1. The average Bonchev–Trinajstić information content (AvgIpc) is 3.40. The van der Waals surface area contributed by atoms with Gasteiger partial charge < -0.3 is 15.0 Å². The highest BCUT2D eigenvalue weighted by Crippen LogP contribution is 2.40. The summed E-state index contributed by atoms with van der Waals surface area (Å²) in [7, 11) is 0. The van der Waals surface area contributed by atoms with Crippen molar-refractivity contribution >= 4 is 23.4 Å². The van der Waals surface area contributed by atoms with Crippen molar-refractivity contribution in [3.8, 4) is 5.75 Å². The Balaban J connectivity index is 1.14. The summed E-state index contributed by atoms with van der Waals surface area (Å²) in [5, 5.41) is 9.07. The Morgan fingerprint density at radius 1 is 1.09 bits per heavy atom. The molecular formula is C23H26ClN7O. The van der Waals surface area contributed by atoms with Gasteiger partial charge in [0.05, 0.1) is 0 Å². The molecule has 1 aliphatic carbocycles. The van der Waals surface area contributed by atoms with E-state index in [0.29, 0.717) is 28.8 Å². The minimum atomic E-state index is -0.101. The summed E-state index contributed by atoms with van der Waals surface area (Å²) < 4.78 is 8.13. The van der Waals surface area contributed by atoms with Crippen LogP contribution in [-0.2, 0) is 6.54 Å². The monoisotopic (exact) mass is 451 g/mol. The van der Waals surface area contributed by atoms with Gasteiger partial charge in [-0.15, -0.1) is 5.10 Å². The number of nitrogens with zero attached hydrogens (tertiary/aromatic N) is 6. The van der Waals surface area contributed by atoms with E-state index in [2.05, 4.69) is 26.3 Å². The van der Waals surface area contributed by atoms with Gasteiger partial charge >= 0.3 is 0 Å². The van der Waals surface area contributed by atoms with Crippen LogP contribution in [0.3, 0.4) is 0 Å². The van der Waals surface area contributed by atoms with Crippen LogP contribution in [0.1, 0.15) is 36.9 Å². The second-order valence-electron chi connectivity index (χ2n) is 9.06. The molecule has 2 aliphatic heterocycles. The van der Waals surface area contributed by atoms with Crippen LogP contribution < -0.4 is 15.0 Å². The lowest BCUT2D eigenvalue weighted by Crippen LogP contribution is -2.48. The third-order valence-corrected chi connectivity index (χ3v) is 7.14. The van der Waals surface area contributed by atoms with E-state index < -0.39 is 0 Å². The van der Waals surface area contributed by atoms with Crippen molar-refractivity contribution in [3.05, 3.63) is 53.2 Å². The third-order valence-electron chi connectivity index (χ3n) is 6.91. The fourth-order valence-corrected chi connectivity index (χ4v) is 5.59. The number of piperidine rings is 1. The van der Waals surface area contributed by atoms with Gasteiger partial charge in [0, 0.05) is 48.9 Å². The standard InChI is InChI=1S/C23H26ClN7O/c1-14-9-20(26-13-25-14)30-11-15-5-6-16(12-30)21(15)27-23-28-22-19(7-8-31(22)29-23)32-18-4-2-3-17(24)10-18/h2-4,9-10,13,15-16,19,21H,5-8,11-12H2,1H3,(H,27,29)/t15-,16+,19-,21-/m0/s1. The number of aryl methyl sites for hydroxylation is 2. The highest BCUT2D eigenvalue weighted by Gasteiger charge is 2.43. The number of hydrogen-bond donors (Lipinski definition) is 1. The fraction of sp³-hybridized carbons (Fsp3) is 0.478. The highest BCUT2D eigenvalue weighted by molar-refractivity contribution is 6.30. The molecule has 2 fully saturated rings. The number of halogens is 1. The van der Waals surface area contributed by atoms with E-state index in [0.717, 1.165) is 49.1 Å². The smallest absolute Gasteiger partial charge is 0.242 e. The van der Waals surface area contributed by atoms with Crippen molar-refractivity contribution in [1.29, 1.82) is 0 Å². The lowest BCUT2D eigenvalue weighted by molar-refractivity contribution is 0.203. The fourth-order valence-electron chi connectivity index (χ4n) is 5.41. The molecule has 3 aliphatic rings. The Labute approximate surface area is 192 Å². The molecule has 6 rings (SSSR count). The Hall–Kier alpha value is -2.87. The van der Waals surface area contributed by atoms with E-state index in [1.165, 1.54) is 12.8 Å². The number of nitrogens with one attached hydrogen (secondary N) is 1.